The van der Waals surface area contributed by atoms with Crippen LogP contribution in [0.2, 0.25) is 0 Å². The maximum atomic E-state index is 4.74. The lowest BCUT2D eigenvalue weighted by Gasteiger charge is -2.32. The summed E-state index contributed by atoms with van der Waals surface area (Å²) < 4.78 is 0. The molecule has 1 saturated heterocycles. The van der Waals surface area contributed by atoms with Crippen molar-refractivity contribution in [3.05, 3.63) is 16.1 Å². The Morgan fingerprint density at radius 3 is 3.16 bits per heavy atom. The molecule has 0 radical (unpaired) electrons. The van der Waals surface area contributed by atoms with Crippen molar-refractivity contribution >= 4 is 11.3 Å². The van der Waals surface area contributed by atoms with Crippen molar-refractivity contribution in [3.8, 4) is 0 Å². The first-order valence-corrected chi connectivity index (χ1v) is 8.56. The van der Waals surface area contributed by atoms with Crippen molar-refractivity contribution in [2.75, 3.05) is 26.2 Å². The fourth-order valence-corrected chi connectivity index (χ4v) is 3.68. The van der Waals surface area contributed by atoms with Crippen molar-refractivity contribution in [2.45, 2.75) is 46.1 Å². The second-order valence-electron chi connectivity index (χ2n) is 5.53. The van der Waals surface area contributed by atoms with Gasteiger partial charge in [0.1, 0.15) is 0 Å². The van der Waals surface area contributed by atoms with Crippen LogP contribution in [0.4, 0.5) is 0 Å². The monoisotopic (exact) mass is 281 g/mol. The highest BCUT2D eigenvalue weighted by atomic mass is 32.1. The average Bonchev–Trinajstić information content (AvgIpc) is 2.85. The molecule has 1 unspecified atom stereocenters. The van der Waals surface area contributed by atoms with Gasteiger partial charge in [0.2, 0.25) is 0 Å². The minimum absolute atomic E-state index is 0.822. The number of hydrogen-bond acceptors (Lipinski definition) is 4. The van der Waals surface area contributed by atoms with E-state index in [1.54, 1.807) is 0 Å². The molecule has 0 saturated carbocycles. The highest BCUT2D eigenvalue weighted by Gasteiger charge is 2.20. The van der Waals surface area contributed by atoms with Crippen LogP contribution in [0, 0.1) is 5.92 Å². The number of nitrogens with one attached hydrogen (secondary N) is 1. The number of aromatic nitrogens is 1. The molecule has 4 heteroatoms. The number of nitrogens with zero attached hydrogens (tertiary/aromatic N) is 2. The Kier molecular flexibility index (Phi) is 6.28. The highest BCUT2D eigenvalue weighted by molar-refractivity contribution is 7.09. The van der Waals surface area contributed by atoms with Gasteiger partial charge in [-0.2, -0.15) is 0 Å². The third-order valence-corrected chi connectivity index (χ3v) is 4.69. The Bertz CT molecular complexity index is 364. The molecule has 1 N–H and O–H groups in total. The fraction of sp³-hybridized carbons (Fsp3) is 0.800. The third kappa shape index (κ3) is 4.86. The summed E-state index contributed by atoms with van der Waals surface area (Å²) >= 11 is 1.83. The minimum Gasteiger partial charge on any atom is -0.317 e. The lowest BCUT2D eigenvalue weighted by atomic mass is 9.98. The van der Waals surface area contributed by atoms with E-state index in [9.17, 15) is 0 Å². The smallest absolute Gasteiger partial charge is 0.0928 e. The number of piperidine rings is 1. The number of aryl methyl sites for hydroxylation is 1. The summed E-state index contributed by atoms with van der Waals surface area (Å²) in [6.07, 6.45) is 5.04. The van der Waals surface area contributed by atoms with Gasteiger partial charge in [0.15, 0.2) is 0 Å². The molecule has 1 atom stereocenters. The van der Waals surface area contributed by atoms with E-state index >= 15 is 0 Å². The highest BCUT2D eigenvalue weighted by Crippen LogP contribution is 2.19. The van der Waals surface area contributed by atoms with E-state index in [1.807, 2.05) is 11.3 Å². The number of thiazole rings is 1. The van der Waals surface area contributed by atoms with Crippen LogP contribution >= 0.6 is 11.3 Å². The van der Waals surface area contributed by atoms with E-state index in [2.05, 4.69) is 29.4 Å². The number of rotatable bonds is 7. The summed E-state index contributed by atoms with van der Waals surface area (Å²) in [5.41, 5.74) is 1.28. The maximum absolute atomic E-state index is 4.74. The van der Waals surface area contributed by atoms with Gasteiger partial charge in [0, 0.05) is 18.5 Å². The molecule has 1 aliphatic rings. The topological polar surface area (TPSA) is 28.2 Å². The molecule has 3 nitrogen and oxygen atoms in total. The van der Waals surface area contributed by atoms with Gasteiger partial charge in [0.05, 0.1) is 10.7 Å². The SMILES string of the molecule is CCCc1nc(CN2CCCC(CNCC)C2)cs1. The maximum Gasteiger partial charge on any atom is 0.0928 e. The minimum atomic E-state index is 0.822. The summed E-state index contributed by atoms with van der Waals surface area (Å²) in [5, 5.41) is 7.04. The Morgan fingerprint density at radius 2 is 2.37 bits per heavy atom. The van der Waals surface area contributed by atoms with E-state index in [-0.39, 0.29) is 0 Å². The summed E-state index contributed by atoms with van der Waals surface area (Å²) in [5.74, 6) is 0.822. The lowest BCUT2D eigenvalue weighted by molar-refractivity contribution is 0.164. The molecule has 19 heavy (non-hydrogen) atoms. The first kappa shape index (κ1) is 14.9. The van der Waals surface area contributed by atoms with Crippen LogP contribution in [0.3, 0.4) is 0 Å². The number of hydrogen-bond donors (Lipinski definition) is 1. The van der Waals surface area contributed by atoms with Crippen molar-refractivity contribution in [1.29, 1.82) is 0 Å². The Labute approximate surface area is 121 Å². The molecule has 0 bridgehead atoms. The summed E-state index contributed by atoms with van der Waals surface area (Å²) in [7, 11) is 0. The molecule has 2 rings (SSSR count). The van der Waals surface area contributed by atoms with Gasteiger partial charge in [-0.3, -0.25) is 4.90 Å². The molecule has 108 valence electrons. The molecule has 0 amide bonds. The van der Waals surface area contributed by atoms with Crippen LogP contribution in [0.15, 0.2) is 5.38 Å². The summed E-state index contributed by atoms with van der Waals surface area (Å²) in [6.45, 7) is 10.2. The summed E-state index contributed by atoms with van der Waals surface area (Å²) in [4.78, 5) is 7.32. The van der Waals surface area contributed by atoms with E-state index in [0.717, 1.165) is 25.4 Å². The zero-order valence-electron chi connectivity index (χ0n) is 12.3. The molecule has 0 spiro atoms. The van der Waals surface area contributed by atoms with E-state index in [1.165, 1.54) is 49.6 Å². The van der Waals surface area contributed by atoms with Gasteiger partial charge in [-0.25, -0.2) is 4.98 Å². The molecule has 2 heterocycles. The van der Waals surface area contributed by atoms with Crippen LogP contribution in [0.25, 0.3) is 0 Å². The van der Waals surface area contributed by atoms with Crippen molar-refractivity contribution in [2.24, 2.45) is 5.92 Å². The zero-order chi connectivity index (χ0) is 13.5. The predicted octanol–water partition coefficient (Wildman–Crippen LogP) is 2.92. The molecule has 1 fully saturated rings. The van der Waals surface area contributed by atoms with Gasteiger partial charge in [-0.15, -0.1) is 11.3 Å². The van der Waals surface area contributed by atoms with Crippen LogP contribution in [0.5, 0.6) is 0 Å². The van der Waals surface area contributed by atoms with Gasteiger partial charge in [-0.1, -0.05) is 13.8 Å². The van der Waals surface area contributed by atoms with Crippen LogP contribution < -0.4 is 5.32 Å². The Morgan fingerprint density at radius 1 is 1.47 bits per heavy atom. The van der Waals surface area contributed by atoms with Gasteiger partial charge >= 0.3 is 0 Å². The third-order valence-electron chi connectivity index (χ3n) is 3.73. The predicted molar refractivity (Wildman–Crippen MR) is 82.7 cm³/mol. The molecule has 0 aromatic carbocycles. The van der Waals surface area contributed by atoms with Crippen molar-refractivity contribution in [1.82, 2.24) is 15.2 Å². The van der Waals surface area contributed by atoms with E-state index in [0.29, 0.717) is 0 Å². The molecule has 1 aromatic rings. The van der Waals surface area contributed by atoms with Gasteiger partial charge in [-0.05, 0) is 51.2 Å². The van der Waals surface area contributed by atoms with E-state index < -0.39 is 0 Å². The Balaban J connectivity index is 1.80. The lowest BCUT2D eigenvalue weighted by Crippen LogP contribution is -2.39. The zero-order valence-corrected chi connectivity index (χ0v) is 13.1. The molecular weight excluding hydrogens is 254 g/mol. The van der Waals surface area contributed by atoms with Crippen molar-refractivity contribution < 1.29 is 0 Å². The van der Waals surface area contributed by atoms with Crippen LogP contribution in [0.1, 0.15) is 43.8 Å². The van der Waals surface area contributed by atoms with Gasteiger partial charge in [0.25, 0.3) is 0 Å². The normalized spacial score (nSPS) is 20.8. The first-order chi connectivity index (χ1) is 9.31. The molecule has 1 aromatic heterocycles. The molecule has 0 aliphatic carbocycles. The quantitative estimate of drug-likeness (QED) is 0.833. The molecule has 1 aliphatic heterocycles. The van der Waals surface area contributed by atoms with Crippen LogP contribution in [-0.2, 0) is 13.0 Å². The number of likely N-dealkylation sites (tertiary alicyclic amines) is 1. The second kappa shape index (κ2) is 7.98. The van der Waals surface area contributed by atoms with Crippen LogP contribution in [-0.4, -0.2) is 36.1 Å². The second-order valence-corrected chi connectivity index (χ2v) is 6.48. The van der Waals surface area contributed by atoms with Gasteiger partial charge < -0.3 is 5.32 Å². The van der Waals surface area contributed by atoms with E-state index in [4.69, 9.17) is 4.98 Å². The van der Waals surface area contributed by atoms with Crippen molar-refractivity contribution in [3.63, 3.8) is 0 Å². The standard InChI is InChI=1S/C15H27N3S/c1-3-6-15-17-14(12-19-15)11-18-8-5-7-13(10-18)9-16-4-2/h12-13,16H,3-11H2,1-2H3. The largest absolute Gasteiger partial charge is 0.317 e. The summed E-state index contributed by atoms with van der Waals surface area (Å²) in [6, 6.07) is 0. The average molecular weight is 281 g/mol. The Hall–Kier alpha value is -0.450. The fourth-order valence-electron chi connectivity index (χ4n) is 2.79. The first-order valence-electron chi connectivity index (χ1n) is 7.68. The molecular formula is C15H27N3S.